The van der Waals surface area contributed by atoms with Crippen molar-refractivity contribution in [2.75, 3.05) is 6.61 Å². The molecule has 0 amide bonds. The van der Waals surface area contributed by atoms with Gasteiger partial charge in [-0.25, -0.2) is 0 Å². The third-order valence-corrected chi connectivity index (χ3v) is 2.25. The molecule has 12 heavy (non-hydrogen) atoms. The van der Waals surface area contributed by atoms with Gasteiger partial charge in [0, 0.05) is 12.3 Å². The molecule has 3 nitrogen and oxygen atoms in total. The molecule has 1 saturated heterocycles. The van der Waals surface area contributed by atoms with Crippen LogP contribution in [0.4, 0.5) is 0 Å². The van der Waals surface area contributed by atoms with E-state index in [1.54, 1.807) is 6.92 Å². The number of hydrogen-bond acceptors (Lipinski definition) is 3. The molecular formula is C9H18O3. The lowest BCUT2D eigenvalue weighted by molar-refractivity contribution is -0.236. The van der Waals surface area contributed by atoms with Gasteiger partial charge in [-0.2, -0.15) is 0 Å². The summed E-state index contributed by atoms with van der Waals surface area (Å²) in [5.41, 5.74) is 0. The van der Waals surface area contributed by atoms with E-state index in [0.717, 1.165) is 6.61 Å². The van der Waals surface area contributed by atoms with Gasteiger partial charge in [0.15, 0.2) is 6.29 Å². The van der Waals surface area contributed by atoms with Crippen molar-refractivity contribution < 1.29 is 14.6 Å². The van der Waals surface area contributed by atoms with Gasteiger partial charge in [-0.15, -0.1) is 0 Å². The third kappa shape index (κ3) is 2.73. The van der Waals surface area contributed by atoms with E-state index in [0.29, 0.717) is 12.3 Å². The maximum atomic E-state index is 9.10. The van der Waals surface area contributed by atoms with E-state index < -0.39 is 0 Å². The summed E-state index contributed by atoms with van der Waals surface area (Å²) >= 11 is 0. The second kappa shape index (κ2) is 4.21. The van der Waals surface area contributed by atoms with Gasteiger partial charge in [0.2, 0.25) is 0 Å². The van der Waals surface area contributed by atoms with Crippen LogP contribution in [0.3, 0.4) is 0 Å². The first-order chi connectivity index (χ1) is 5.59. The smallest absolute Gasteiger partial charge is 0.160 e. The van der Waals surface area contributed by atoms with Crippen LogP contribution in [0.1, 0.15) is 27.2 Å². The summed E-state index contributed by atoms with van der Waals surface area (Å²) in [6, 6.07) is 0. The first-order valence-electron chi connectivity index (χ1n) is 4.54. The minimum Gasteiger partial charge on any atom is -0.393 e. The van der Waals surface area contributed by atoms with Crippen molar-refractivity contribution in [2.24, 2.45) is 5.92 Å². The lowest BCUT2D eigenvalue weighted by Gasteiger charge is -2.33. The molecule has 0 aromatic carbocycles. The topological polar surface area (TPSA) is 38.7 Å². The molecule has 3 heteroatoms. The molecule has 72 valence electrons. The maximum Gasteiger partial charge on any atom is 0.160 e. The average molecular weight is 174 g/mol. The Balaban J connectivity index is 2.30. The van der Waals surface area contributed by atoms with Crippen LogP contribution < -0.4 is 0 Å². The summed E-state index contributed by atoms with van der Waals surface area (Å²) in [5, 5.41) is 9.10. The molecule has 0 aromatic heterocycles. The maximum absolute atomic E-state index is 9.10. The van der Waals surface area contributed by atoms with E-state index in [2.05, 4.69) is 6.92 Å². The molecule has 1 heterocycles. The SMILES string of the molecule is CC(O)CC1OCC(C)C(C)O1. The van der Waals surface area contributed by atoms with Gasteiger partial charge in [0.1, 0.15) is 0 Å². The first kappa shape index (κ1) is 9.96. The number of ether oxygens (including phenoxy) is 2. The van der Waals surface area contributed by atoms with Crippen molar-refractivity contribution >= 4 is 0 Å². The van der Waals surface area contributed by atoms with Crippen LogP contribution in [-0.4, -0.2) is 30.2 Å². The number of hydrogen-bond donors (Lipinski definition) is 1. The number of rotatable bonds is 2. The molecule has 4 atom stereocenters. The Bertz CT molecular complexity index is 136. The predicted molar refractivity (Wildman–Crippen MR) is 45.7 cm³/mol. The highest BCUT2D eigenvalue weighted by Crippen LogP contribution is 2.20. The molecule has 1 fully saturated rings. The molecule has 0 bridgehead atoms. The molecular weight excluding hydrogens is 156 g/mol. The van der Waals surface area contributed by atoms with Crippen LogP contribution in [0.2, 0.25) is 0 Å². The summed E-state index contributed by atoms with van der Waals surface area (Å²) in [4.78, 5) is 0. The van der Waals surface area contributed by atoms with Gasteiger partial charge in [-0.05, 0) is 13.8 Å². The summed E-state index contributed by atoms with van der Waals surface area (Å²) in [6.07, 6.45) is 0.242. The monoisotopic (exact) mass is 174 g/mol. The summed E-state index contributed by atoms with van der Waals surface area (Å²) in [5.74, 6) is 0.454. The standard InChI is InChI=1S/C9H18O3/c1-6-5-11-9(4-7(2)10)12-8(6)3/h6-10H,4-5H2,1-3H3. The molecule has 1 aliphatic heterocycles. The zero-order valence-corrected chi connectivity index (χ0v) is 7.99. The molecule has 0 spiro atoms. The minimum atomic E-state index is -0.351. The van der Waals surface area contributed by atoms with Gasteiger partial charge < -0.3 is 14.6 Å². The van der Waals surface area contributed by atoms with Crippen LogP contribution in [-0.2, 0) is 9.47 Å². The molecule has 4 unspecified atom stereocenters. The highest BCUT2D eigenvalue weighted by Gasteiger charge is 2.26. The van der Waals surface area contributed by atoms with Crippen molar-refractivity contribution in [1.29, 1.82) is 0 Å². The summed E-state index contributed by atoms with van der Waals surface area (Å²) in [7, 11) is 0. The van der Waals surface area contributed by atoms with Crippen LogP contribution in [0.15, 0.2) is 0 Å². The molecule has 1 N–H and O–H groups in total. The van der Waals surface area contributed by atoms with Gasteiger partial charge in [0.05, 0.1) is 18.8 Å². The number of aliphatic hydroxyl groups is 1. The van der Waals surface area contributed by atoms with Crippen molar-refractivity contribution in [2.45, 2.75) is 45.7 Å². The fourth-order valence-electron chi connectivity index (χ4n) is 1.21. The lowest BCUT2D eigenvalue weighted by Crippen LogP contribution is -2.38. The van der Waals surface area contributed by atoms with E-state index in [1.165, 1.54) is 0 Å². The van der Waals surface area contributed by atoms with Crippen molar-refractivity contribution in [3.63, 3.8) is 0 Å². The Kier molecular flexibility index (Phi) is 3.50. The second-order valence-electron chi connectivity index (χ2n) is 3.67. The van der Waals surface area contributed by atoms with E-state index in [4.69, 9.17) is 14.6 Å². The highest BCUT2D eigenvalue weighted by molar-refractivity contribution is 4.67. The average Bonchev–Trinajstić information content (AvgIpc) is 1.96. The van der Waals surface area contributed by atoms with Gasteiger partial charge in [-0.1, -0.05) is 6.92 Å². The van der Waals surface area contributed by atoms with Crippen molar-refractivity contribution in [1.82, 2.24) is 0 Å². The van der Waals surface area contributed by atoms with Crippen molar-refractivity contribution in [3.8, 4) is 0 Å². The summed E-state index contributed by atoms with van der Waals surface area (Å²) < 4.78 is 10.9. The van der Waals surface area contributed by atoms with Crippen molar-refractivity contribution in [3.05, 3.63) is 0 Å². The second-order valence-corrected chi connectivity index (χ2v) is 3.67. The number of aliphatic hydroxyl groups excluding tert-OH is 1. The predicted octanol–water partition coefficient (Wildman–Crippen LogP) is 1.15. The van der Waals surface area contributed by atoms with Gasteiger partial charge in [0.25, 0.3) is 0 Å². The Labute approximate surface area is 73.7 Å². The molecule has 1 aliphatic rings. The van der Waals surface area contributed by atoms with Gasteiger partial charge >= 0.3 is 0 Å². The Morgan fingerprint density at radius 3 is 2.67 bits per heavy atom. The molecule has 0 aliphatic carbocycles. The Morgan fingerprint density at radius 2 is 2.17 bits per heavy atom. The quantitative estimate of drug-likeness (QED) is 0.682. The zero-order valence-electron chi connectivity index (χ0n) is 7.99. The molecule has 0 radical (unpaired) electrons. The molecule has 0 saturated carbocycles. The fraction of sp³-hybridized carbons (Fsp3) is 1.00. The molecule has 0 aromatic rings. The third-order valence-electron chi connectivity index (χ3n) is 2.25. The normalized spacial score (nSPS) is 39.5. The van der Waals surface area contributed by atoms with E-state index in [9.17, 15) is 0 Å². The Morgan fingerprint density at radius 1 is 1.50 bits per heavy atom. The highest BCUT2D eigenvalue weighted by atomic mass is 16.7. The van der Waals surface area contributed by atoms with Gasteiger partial charge in [-0.3, -0.25) is 0 Å². The Hall–Kier alpha value is -0.120. The van der Waals surface area contributed by atoms with Crippen LogP contribution in [0.25, 0.3) is 0 Å². The zero-order chi connectivity index (χ0) is 9.14. The van der Waals surface area contributed by atoms with Crippen LogP contribution >= 0.6 is 0 Å². The van der Waals surface area contributed by atoms with E-state index >= 15 is 0 Å². The van der Waals surface area contributed by atoms with Crippen LogP contribution in [0.5, 0.6) is 0 Å². The van der Waals surface area contributed by atoms with E-state index in [1.807, 2.05) is 6.92 Å². The fourth-order valence-corrected chi connectivity index (χ4v) is 1.21. The summed E-state index contributed by atoms with van der Waals surface area (Å²) in [6.45, 7) is 6.62. The van der Waals surface area contributed by atoms with E-state index in [-0.39, 0.29) is 18.5 Å². The first-order valence-corrected chi connectivity index (χ1v) is 4.54. The van der Waals surface area contributed by atoms with Crippen LogP contribution in [0, 0.1) is 5.92 Å². The molecule has 1 rings (SSSR count). The largest absolute Gasteiger partial charge is 0.393 e. The lowest BCUT2D eigenvalue weighted by atomic mass is 10.1. The minimum absolute atomic E-state index is 0.212.